The van der Waals surface area contributed by atoms with Crippen LogP contribution in [0.2, 0.25) is 0 Å². The van der Waals surface area contributed by atoms with E-state index in [2.05, 4.69) is 19.1 Å². The molecular formula is C4H11BNS. The van der Waals surface area contributed by atoms with E-state index in [4.69, 9.17) is 0 Å². The summed E-state index contributed by atoms with van der Waals surface area (Å²) in [5, 5.41) is 3.09. The minimum atomic E-state index is 1.03. The predicted octanol–water partition coefficient (Wildman–Crippen LogP) is 0.883. The quantitative estimate of drug-likeness (QED) is 0.432. The van der Waals surface area contributed by atoms with Gasteiger partial charge in [0.2, 0.25) is 0 Å². The van der Waals surface area contributed by atoms with Gasteiger partial charge in [-0.1, -0.05) is 13.8 Å². The summed E-state index contributed by atoms with van der Waals surface area (Å²) in [6.45, 7) is 7.29. The molecule has 7 heavy (non-hydrogen) atoms. The van der Waals surface area contributed by atoms with Gasteiger partial charge in [-0.05, 0) is 12.3 Å². The lowest BCUT2D eigenvalue weighted by molar-refractivity contribution is 1.02. The molecule has 41 valence electrons. The van der Waals surface area contributed by atoms with Crippen LogP contribution < -0.4 is 5.23 Å². The summed E-state index contributed by atoms with van der Waals surface area (Å²) >= 11 is 1.80. The molecule has 0 saturated heterocycles. The summed E-state index contributed by atoms with van der Waals surface area (Å²) in [6, 6.07) is 0. The largest absolute Gasteiger partial charge is 0.351 e. The van der Waals surface area contributed by atoms with Crippen molar-refractivity contribution in [2.24, 2.45) is 0 Å². The normalized spacial score (nSPS) is 8.86. The second-order valence-corrected chi connectivity index (χ2v) is 2.28. The van der Waals surface area contributed by atoms with Crippen molar-refractivity contribution < 1.29 is 0 Å². The third-order valence-electron chi connectivity index (χ3n) is 0.537. The summed E-state index contributed by atoms with van der Waals surface area (Å²) in [5.74, 6) is 1.16. The van der Waals surface area contributed by atoms with Crippen LogP contribution in [0.3, 0.4) is 0 Å². The van der Waals surface area contributed by atoms with Crippen molar-refractivity contribution in [3.05, 3.63) is 0 Å². The molecule has 0 atom stereocenters. The van der Waals surface area contributed by atoms with Gasteiger partial charge in [0.15, 0.2) is 0 Å². The molecule has 0 saturated carbocycles. The van der Waals surface area contributed by atoms with Crippen LogP contribution in [0.5, 0.6) is 0 Å². The van der Waals surface area contributed by atoms with Gasteiger partial charge >= 0.3 is 0 Å². The van der Waals surface area contributed by atoms with Gasteiger partial charge in [0, 0.05) is 0 Å². The Hall–Kier alpha value is 0.375. The average molecular weight is 116 g/mol. The van der Waals surface area contributed by atoms with E-state index in [0.29, 0.717) is 0 Å². The average Bonchev–Trinajstić information content (AvgIpc) is 1.69. The molecule has 0 bridgehead atoms. The van der Waals surface area contributed by atoms with E-state index in [1.807, 2.05) is 6.69 Å². The van der Waals surface area contributed by atoms with Gasteiger partial charge in [0.25, 0.3) is 6.69 Å². The maximum absolute atomic E-state index is 3.09. The van der Waals surface area contributed by atoms with E-state index in [1.165, 1.54) is 0 Å². The molecule has 0 unspecified atom stereocenters. The third kappa shape index (κ3) is 6.37. The van der Waals surface area contributed by atoms with Gasteiger partial charge in [-0.15, -0.1) is 0 Å². The maximum atomic E-state index is 3.09. The molecule has 0 aromatic rings. The fraction of sp³-hybridized carbons (Fsp3) is 1.00. The first-order valence-corrected chi connectivity index (χ1v) is 3.63. The van der Waals surface area contributed by atoms with Crippen LogP contribution in [0.15, 0.2) is 0 Å². The highest BCUT2D eigenvalue weighted by Gasteiger charge is 1.82. The topological polar surface area (TPSA) is 12.0 Å². The minimum absolute atomic E-state index is 1.03. The first-order chi connectivity index (χ1) is 3.41. The molecular weight excluding hydrogens is 105 g/mol. The zero-order chi connectivity index (χ0) is 5.54. The zero-order valence-electron chi connectivity index (χ0n) is 4.90. The Morgan fingerprint density at radius 2 is 2.29 bits per heavy atom. The second kappa shape index (κ2) is 6.37. The molecule has 0 aromatic heterocycles. The van der Waals surface area contributed by atoms with Crippen molar-refractivity contribution >= 4 is 18.3 Å². The van der Waals surface area contributed by atoms with Crippen LogP contribution in [0.1, 0.15) is 13.8 Å². The minimum Gasteiger partial charge on any atom is -0.351 e. The first kappa shape index (κ1) is 7.37. The van der Waals surface area contributed by atoms with Gasteiger partial charge in [0.1, 0.15) is 0 Å². The van der Waals surface area contributed by atoms with Crippen molar-refractivity contribution in [2.45, 2.75) is 13.8 Å². The smallest absolute Gasteiger partial charge is 0.285 e. The third-order valence-corrected chi connectivity index (χ3v) is 1.20. The first-order valence-electron chi connectivity index (χ1n) is 2.58. The van der Waals surface area contributed by atoms with Crippen LogP contribution in [-0.2, 0) is 0 Å². The van der Waals surface area contributed by atoms with Crippen LogP contribution >= 0.6 is 11.6 Å². The highest BCUT2D eigenvalue weighted by Crippen LogP contribution is 1.89. The summed E-state index contributed by atoms with van der Waals surface area (Å²) < 4.78 is 0. The lowest BCUT2D eigenvalue weighted by Crippen LogP contribution is -2.15. The Morgan fingerprint density at radius 1 is 1.57 bits per heavy atom. The summed E-state index contributed by atoms with van der Waals surface area (Å²) in [6.07, 6.45) is 0. The Balaban J connectivity index is 2.45. The van der Waals surface area contributed by atoms with Gasteiger partial charge in [0.05, 0.1) is 0 Å². The number of hydrogen-bond donors (Lipinski definition) is 1. The number of nitrogens with one attached hydrogen (secondary N) is 1. The standard InChI is InChI=1S/C4H11BNS/c1-3-6-5-7-4-2/h6H,3-4H2,1-2H3. The Bertz CT molecular complexity index is 30.9. The van der Waals surface area contributed by atoms with Crippen LogP contribution in [0.4, 0.5) is 0 Å². The molecule has 0 fully saturated rings. The molecule has 0 amide bonds. The SMILES string of the molecule is CCN[B]SCC. The Kier molecular flexibility index (Phi) is 6.72. The van der Waals surface area contributed by atoms with E-state index in [9.17, 15) is 0 Å². The zero-order valence-corrected chi connectivity index (χ0v) is 5.72. The second-order valence-electron chi connectivity index (χ2n) is 1.13. The van der Waals surface area contributed by atoms with Crippen LogP contribution in [-0.4, -0.2) is 19.0 Å². The monoisotopic (exact) mass is 116 g/mol. The van der Waals surface area contributed by atoms with E-state index in [0.717, 1.165) is 12.3 Å². The lowest BCUT2D eigenvalue weighted by Gasteiger charge is -1.92. The highest BCUT2D eigenvalue weighted by atomic mass is 32.2. The summed E-state index contributed by atoms with van der Waals surface area (Å²) in [5.41, 5.74) is 0. The number of hydrogen-bond acceptors (Lipinski definition) is 2. The van der Waals surface area contributed by atoms with E-state index in [1.54, 1.807) is 11.6 Å². The molecule has 0 aliphatic rings. The van der Waals surface area contributed by atoms with Crippen molar-refractivity contribution in [1.82, 2.24) is 5.23 Å². The molecule has 0 aliphatic carbocycles. The van der Waals surface area contributed by atoms with Crippen LogP contribution in [0, 0.1) is 0 Å². The highest BCUT2D eigenvalue weighted by molar-refractivity contribution is 8.22. The molecule has 3 heteroatoms. The van der Waals surface area contributed by atoms with E-state index >= 15 is 0 Å². The van der Waals surface area contributed by atoms with Crippen LogP contribution in [0.25, 0.3) is 0 Å². The van der Waals surface area contributed by atoms with Gasteiger partial charge in [-0.2, -0.15) is 11.6 Å². The molecule has 1 N–H and O–H groups in total. The van der Waals surface area contributed by atoms with Crippen molar-refractivity contribution in [1.29, 1.82) is 0 Å². The maximum Gasteiger partial charge on any atom is 0.285 e. The van der Waals surface area contributed by atoms with Crippen molar-refractivity contribution in [2.75, 3.05) is 12.3 Å². The number of rotatable bonds is 4. The Labute approximate surface area is 50.4 Å². The summed E-state index contributed by atoms with van der Waals surface area (Å²) in [4.78, 5) is 0. The van der Waals surface area contributed by atoms with E-state index in [-0.39, 0.29) is 0 Å². The summed E-state index contributed by atoms with van der Waals surface area (Å²) in [7, 11) is 0. The van der Waals surface area contributed by atoms with Gasteiger partial charge in [-0.25, -0.2) is 0 Å². The molecule has 1 nitrogen and oxygen atoms in total. The molecule has 0 rings (SSSR count). The van der Waals surface area contributed by atoms with Crippen molar-refractivity contribution in [3.63, 3.8) is 0 Å². The fourth-order valence-corrected chi connectivity index (χ4v) is 0.677. The van der Waals surface area contributed by atoms with Gasteiger partial charge in [-0.3, -0.25) is 0 Å². The molecule has 0 aromatic carbocycles. The lowest BCUT2D eigenvalue weighted by atomic mass is 10.4. The predicted molar refractivity (Wildman–Crippen MR) is 37.6 cm³/mol. The van der Waals surface area contributed by atoms with Gasteiger partial charge < -0.3 is 5.23 Å². The Morgan fingerprint density at radius 3 is 2.71 bits per heavy atom. The van der Waals surface area contributed by atoms with Crippen molar-refractivity contribution in [3.8, 4) is 0 Å². The fourth-order valence-electron chi connectivity index (χ4n) is 0.226. The molecule has 0 aliphatic heterocycles. The molecule has 1 radical (unpaired) electrons. The molecule has 0 spiro atoms. The molecule has 0 heterocycles. The van der Waals surface area contributed by atoms with E-state index < -0.39 is 0 Å².